The van der Waals surface area contributed by atoms with Crippen molar-refractivity contribution in [2.45, 2.75) is 45.2 Å². The van der Waals surface area contributed by atoms with Gasteiger partial charge >= 0.3 is 0 Å². The molecule has 156 valence electrons. The predicted molar refractivity (Wildman–Crippen MR) is 115 cm³/mol. The van der Waals surface area contributed by atoms with Gasteiger partial charge in [-0.15, -0.1) is 0 Å². The van der Waals surface area contributed by atoms with Gasteiger partial charge in [-0.2, -0.15) is 5.26 Å². The molecule has 1 saturated heterocycles. The van der Waals surface area contributed by atoms with Gasteiger partial charge in [-0.05, 0) is 60.9 Å². The highest BCUT2D eigenvalue weighted by Crippen LogP contribution is 2.52. The first-order chi connectivity index (χ1) is 14.3. The highest BCUT2D eigenvalue weighted by Gasteiger charge is 2.60. The summed E-state index contributed by atoms with van der Waals surface area (Å²) in [5.41, 5.74) is 2.17. The van der Waals surface area contributed by atoms with Gasteiger partial charge in [0.2, 0.25) is 0 Å². The third kappa shape index (κ3) is 3.56. The van der Waals surface area contributed by atoms with Gasteiger partial charge in [0.1, 0.15) is 5.60 Å². The molecule has 1 unspecified atom stereocenters. The molecule has 2 heterocycles. The van der Waals surface area contributed by atoms with Crippen molar-refractivity contribution >= 4 is 6.08 Å². The Morgan fingerprint density at radius 3 is 2.70 bits per heavy atom. The van der Waals surface area contributed by atoms with Gasteiger partial charge in [-0.3, -0.25) is 4.98 Å². The van der Waals surface area contributed by atoms with E-state index in [4.69, 9.17) is 10.00 Å². The molecule has 30 heavy (non-hydrogen) atoms. The minimum atomic E-state index is -1.20. The Hall–Kier alpha value is -2.52. The van der Waals surface area contributed by atoms with E-state index < -0.39 is 11.9 Å². The number of hydrogen-bond acceptors (Lipinski definition) is 5. The van der Waals surface area contributed by atoms with Gasteiger partial charge in [0.05, 0.1) is 23.4 Å². The number of benzene rings is 1. The molecular formula is C25H28N2O3. The van der Waals surface area contributed by atoms with Crippen molar-refractivity contribution in [3.63, 3.8) is 0 Å². The number of fused-ring (bicyclic) bond motifs is 1. The fraction of sp³-hybridized carbons (Fsp3) is 0.440. The summed E-state index contributed by atoms with van der Waals surface area (Å²) in [6, 6.07) is 13.6. The van der Waals surface area contributed by atoms with E-state index >= 15 is 0 Å². The van der Waals surface area contributed by atoms with E-state index in [1.54, 1.807) is 6.07 Å². The van der Waals surface area contributed by atoms with E-state index in [0.717, 1.165) is 16.8 Å². The number of allylic oxidation sites excluding steroid dienone is 1. The van der Waals surface area contributed by atoms with Crippen LogP contribution >= 0.6 is 0 Å². The second-order valence-corrected chi connectivity index (χ2v) is 8.85. The fourth-order valence-electron chi connectivity index (χ4n) is 5.22. The smallest absolute Gasteiger partial charge is 0.184 e. The third-order valence-electron chi connectivity index (χ3n) is 7.02. The molecule has 5 heteroatoms. The molecule has 5 nitrogen and oxygen atoms in total. The first kappa shape index (κ1) is 20.7. The molecule has 1 aromatic heterocycles. The molecule has 2 aliphatic rings. The van der Waals surface area contributed by atoms with Crippen LogP contribution in [0.15, 0.2) is 48.7 Å². The minimum absolute atomic E-state index is 0.0830. The first-order valence-electron chi connectivity index (χ1n) is 10.5. The van der Waals surface area contributed by atoms with E-state index in [2.05, 4.69) is 31.0 Å². The lowest BCUT2D eigenvalue weighted by atomic mass is 9.60. The number of rotatable bonds is 3. The summed E-state index contributed by atoms with van der Waals surface area (Å²) in [6.07, 6.45) is 5.12. The van der Waals surface area contributed by atoms with E-state index in [1.165, 1.54) is 0 Å². The van der Waals surface area contributed by atoms with Crippen LogP contribution in [0.4, 0.5) is 0 Å². The summed E-state index contributed by atoms with van der Waals surface area (Å²) in [4.78, 5) is 4.56. The Bertz CT molecular complexity index is 981. The lowest BCUT2D eigenvalue weighted by Gasteiger charge is -2.47. The molecule has 1 saturated carbocycles. The van der Waals surface area contributed by atoms with Crippen molar-refractivity contribution in [2.75, 3.05) is 0 Å². The molecule has 7 atom stereocenters. The average molecular weight is 405 g/mol. The summed E-state index contributed by atoms with van der Waals surface area (Å²) in [5, 5.41) is 30.6. The molecule has 0 bridgehead atoms. The zero-order chi connectivity index (χ0) is 21.5. The van der Waals surface area contributed by atoms with Gasteiger partial charge in [0.25, 0.3) is 0 Å². The van der Waals surface area contributed by atoms with Gasteiger partial charge < -0.3 is 14.9 Å². The predicted octanol–water partition coefficient (Wildman–Crippen LogP) is 4.01. The maximum atomic E-state index is 11.2. The van der Waals surface area contributed by atoms with Crippen molar-refractivity contribution in [1.29, 1.82) is 5.26 Å². The molecule has 4 rings (SSSR count). The van der Waals surface area contributed by atoms with Crippen molar-refractivity contribution in [3.05, 3.63) is 59.9 Å². The fourth-order valence-corrected chi connectivity index (χ4v) is 5.22. The zero-order valence-electron chi connectivity index (χ0n) is 17.6. The third-order valence-corrected chi connectivity index (χ3v) is 7.02. The quantitative estimate of drug-likeness (QED) is 0.807. The molecule has 2 aromatic rings. The van der Waals surface area contributed by atoms with Gasteiger partial charge in [0.15, 0.2) is 6.29 Å². The number of aliphatic hydroxyl groups is 2. The van der Waals surface area contributed by atoms with Crippen LogP contribution in [0.2, 0.25) is 0 Å². The molecule has 0 radical (unpaired) electrons. The van der Waals surface area contributed by atoms with Crippen molar-refractivity contribution < 1.29 is 14.9 Å². The molecule has 1 aliphatic heterocycles. The minimum Gasteiger partial charge on any atom is -0.384 e. The van der Waals surface area contributed by atoms with Crippen LogP contribution in [0.1, 0.15) is 38.4 Å². The monoisotopic (exact) mass is 404 g/mol. The Morgan fingerprint density at radius 2 is 2.00 bits per heavy atom. The van der Waals surface area contributed by atoms with Crippen molar-refractivity contribution in [3.8, 4) is 17.2 Å². The molecule has 2 fully saturated rings. The standard InChI is InChI=1S/C25H28N2O3/c1-15-12-25(29)23(17(3)30-24(25)28)22(16(15)2)10-9-21-8-7-20(14-27-21)19-6-4-5-18(11-19)13-26/h4-11,14-17,22-24,28-29H,12H2,1-3H3/b10-9+/t15-,16+,17+,22-,23-,24?,25-/m0/s1. The first-order valence-corrected chi connectivity index (χ1v) is 10.5. The van der Waals surface area contributed by atoms with E-state index in [9.17, 15) is 10.2 Å². The van der Waals surface area contributed by atoms with E-state index in [-0.39, 0.29) is 23.9 Å². The van der Waals surface area contributed by atoms with E-state index in [1.807, 2.05) is 49.5 Å². The zero-order valence-corrected chi connectivity index (χ0v) is 17.6. The number of nitriles is 1. The average Bonchev–Trinajstić information content (AvgIpc) is 2.97. The van der Waals surface area contributed by atoms with Crippen LogP contribution in [0.3, 0.4) is 0 Å². The summed E-state index contributed by atoms with van der Waals surface area (Å²) in [6.45, 7) is 6.25. The van der Waals surface area contributed by atoms with Crippen LogP contribution in [0, 0.1) is 35.0 Å². The molecule has 2 N–H and O–H groups in total. The SMILES string of the molecule is C[C@H]1[C@H](/C=C/c2ccc(-c3cccc(C#N)c3)cn2)[C@@H]2[C@@H](C)OC(O)[C@]2(O)C[C@@H]1C. The van der Waals surface area contributed by atoms with Crippen LogP contribution in [-0.2, 0) is 4.74 Å². The number of aromatic nitrogens is 1. The van der Waals surface area contributed by atoms with Gasteiger partial charge in [0, 0.05) is 17.7 Å². The number of nitrogens with zero attached hydrogens (tertiary/aromatic N) is 2. The van der Waals surface area contributed by atoms with Crippen LogP contribution in [0.25, 0.3) is 17.2 Å². The molecule has 0 amide bonds. The summed E-state index contributed by atoms with van der Waals surface area (Å²) in [7, 11) is 0. The maximum absolute atomic E-state index is 11.2. The van der Waals surface area contributed by atoms with E-state index in [0.29, 0.717) is 17.9 Å². The van der Waals surface area contributed by atoms with Crippen molar-refractivity contribution in [1.82, 2.24) is 4.98 Å². The van der Waals surface area contributed by atoms with Gasteiger partial charge in [-0.25, -0.2) is 0 Å². The van der Waals surface area contributed by atoms with Crippen LogP contribution in [0.5, 0.6) is 0 Å². The summed E-state index contributed by atoms with van der Waals surface area (Å²) >= 11 is 0. The second kappa shape index (κ2) is 7.96. The molecule has 0 spiro atoms. The number of pyridine rings is 1. The Labute approximate surface area is 177 Å². The number of ether oxygens (including phenoxy) is 1. The molecular weight excluding hydrogens is 376 g/mol. The lowest BCUT2D eigenvalue weighted by molar-refractivity contribution is -0.189. The van der Waals surface area contributed by atoms with Crippen LogP contribution < -0.4 is 0 Å². The van der Waals surface area contributed by atoms with Crippen molar-refractivity contribution in [2.24, 2.45) is 23.7 Å². The molecule has 1 aliphatic carbocycles. The lowest BCUT2D eigenvalue weighted by Crippen LogP contribution is -2.54. The molecule has 1 aromatic carbocycles. The number of hydrogen-bond donors (Lipinski definition) is 2. The highest BCUT2D eigenvalue weighted by atomic mass is 16.6. The highest BCUT2D eigenvalue weighted by molar-refractivity contribution is 5.65. The second-order valence-electron chi connectivity index (χ2n) is 8.85. The Kier molecular flexibility index (Phi) is 5.50. The maximum Gasteiger partial charge on any atom is 0.184 e. The Balaban J connectivity index is 1.57. The normalized spacial score (nSPS) is 35.9. The summed E-state index contributed by atoms with van der Waals surface area (Å²) in [5.74, 6) is 0.561. The number of aliphatic hydroxyl groups excluding tert-OH is 1. The largest absolute Gasteiger partial charge is 0.384 e. The summed E-state index contributed by atoms with van der Waals surface area (Å²) < 4.78 is 5.61. The Morgan fingerprint density at radius 1 is 1.20 bits per heavy atom. The topological polar surface area (TPSA) is 86.4 Å². The van der Waals surface area contributed by atoms with Crippen LogP contribution in [-0.4, -0.2) is 33.2 Å². The van der Waals surface area contributed by atoms with Gasteiger partial charge in [-0.1, -0.05) is 38.1 Å².